The quantitative estimate of drug-likeness (QED) is 0.765. The van der Waals surface area contributed by atoms with Crippen molar-refractivity contribution in [3.05, 3.63) is 48.3 Å². The first-order valence-electron chi connectivity index (χ1n) is 6.07. The molecular weight excluding hydrogens is 224 g/mol. The van der Waals surface area contributed by atoms with Crippen LogP contribution in [0.15, 0.2) is 42.7 Å². The van der Waals surface area contributed by atoms with E-state index in [-0.39, 0.29) is 5.91 Å². The second-order valence-corrected chi connectivity index (χ2v) is 4.51. The zero-order valence-electron chi connectivity index (χ0n) is 10.3. The van der Waals surface area contributed by atoms with E-state index in [0.717, 1.165) is 29.8 Å². The van der Waals surface area contributed by atoms with Gasteiger partial charge in [-0.15, -0.1) is 0 Å². The van der Waals surface area contributed by atoms with Gasteiger partial charge in [0.05, 0.1) is 0 Å². The van der Waals surface area contributed by atoms with Crippen molar-refractivity contribution >= 4 is 11.6 Å². The maximum absolute atomic E-state index is 11.5. The number of aromatic nitrogens is 1. The lowest BCUT2D eigenvalue weighted by Crippen LogP contribution is -2.25. The molecule has 1 aliphatic heterocycles. The van der Waals surface area contributed by atoms with Gasteiger partial charge < -0.3 is 4.90 Å². The van der Waals surface area contributed by atoms with E-state index in [1.165, 1.54) is 5.56 Å². The topological polar surface area (TPSA) is 33.2 Å². The average molecular weight is 238 g/mol. The molecule has 90 valence electrons. The van der Waals surface area contributed by atoms with Gasteiger partial charge in [-0.2, -0.15) is 0 Å². The Morgan fingerprint density at radius 2 is 2.17 bits per heavy atom. The highest BCUT2D eigenvalue weighted by Crippen LogP contribution is 2.32. The van der Waals surface area contributed by atoms with Crippen molar-refractivity contribution in [2.75, 3.05) is 11.4 Å². The first-order chi connectivity index (χ1) is 8.75. The summed E-state index contributed by atoms with van der Waals surface area (Å²) in [6.45, 7) is 2.41. The third kappa shape index (κ3) is 1.78. The number of benzene rings is 1. The molecule has 1 aromatic carbocycles. The van der Waals surface area contributed by atoms with E-state index in [1.807, 2.05) is 29.3 Å². The van der Waals surface area contributed by atoms with Gasteiger partial charge in [0.1, 0.15) is 0 Å². The van der Waals surface area contributed by atoms with E-state index in [4.69, 9.17) is 0 Å². The minimum absolute atomic E-state index is 0.114. The smallest absolute Gasteiger partial charge is 0.223 e. The summed E-state index contributed by atoms with van der Waals surface area (Å²) in [5, 5.41) is 0. The Morgan fingerprint density at radius 3 is 2.89 bits per heavy atom. The molecule has 3 nitrogen and oxygen atoms in total. The summed E-state index contributed by atoms with van der Waals surface area (Å²) in [6.07, 6.45) is 4.57. The van der Waals surface area contributed by atoms with Gasteiger partial charge in [0.15, 0.2) is 0 Å². The molecule has 1 aromatic heterocycles. The van der Waals surface area contributed by atoms with Crippen LogP contribution in [0.5, 0.6) is 0 Å². The van der Waals surface area contributed by atoms with Crippen LogP contribution in [0.4, 0.5) is 5.69 Å². The Bertz CT molecular complexity index is 593. The number of hydrogen-bond donors (Lipinski definition) is 0. The largest absolute Gasteiger partial charge is 0.312 e. The normalized spacial score (nSPS) is 13.5. The molecule has 0 spiro atoms. The Labute approximate surface area is 106 Å². The number of nitrogens with zero attached hydrogens (tertiary/aromatic N) is 2. The summed E-state index contributed by atoms with van der Waals surface area (Å²) in [7, 11) is 0. The number of pyridine rings is 1. The number of rotatable bonds is 1. The van der Waals surface area contributed by atoms with Gasteiger partial charge in [-0.1, -0.05) is 12.1 Å². The maximum Gasteiger partial charge on any atom is 0.223 e. The molecule has 18 heavy (non-hydrogen) atoms. The van der Waals surface area contributed by atoms with E-state index >= 15 is 0 Å². The van der Waals surface area contributed by atoms with Crippen molar-refractivity contribution in [2.45, 2.75) is 13.3 Å². The van der Waals surface area contributed by atoms with Crippen LogP contribution in [0.2, 0.25) is 0 Å². The molecule has 0 bridgehead atoms. The lowest BCUT2D eigenvalue weighted by Gasteiger charge is -2.14. The summed E-state index contributed by atoms with van der Waals surface area (Å²) in [4.78, 5) is 17.4. The van der Waals surface area contributed by atoms with Gasteiger partial charge in [-0.3, -0.25) is 9.78 Å². The minimum atomic E-state index is 0.114. The van der Waals surface area contributed by atoms with Gasteiger partial charge in [0, 0.05) is 31.5 Å². The highest BCUT2D eigenvalue weighted by atomic mass is 16.2. The molecule has 0 aliphatic carbocycles. The van der Waals surface area contributed by atoms with Crippen molar-refractivity contribution in [3.8, 4) is 11.1 Å². The number of carbonyl (C=O) groups excluding carboxylic acids is 1. The van der Waals surface area contributed by atoms with Crippen molar-refractivity contribution in [1.29, 1.82) is 0 Å². The molecule has 0 fully saturated rings. The van der Waals surface area contributed by atoms with Crippen molar-refractivity contribution in [3.63, 3.8) is 0 Å². The molecule has 0 atom stereocenters. The number of fused-ring (bicyclic) bond motifs is 1. The molecule has 3 rings (SSSR count). The van der Waals surface area contributed by atoms with Gasteiger partial charge in [-0.25, -0.2) is 0 Å². The third-order valence-electron chi connectivity index (χ3n) is 3.35. The van der Waals surface area contributed by atoms with Crippen LogP contribution < -0.4 is 4.90 Å². The highest BCUT2D eigenvalue weighted by molar-refractivity contribution is 5.94. The van der Waals surface area contributed by atoms with E-state index in [0.29, 0.717) is 0 Å². The molecule has 0 radical (unpaired) electrons. The van der Waals surface area contributed by atoms with E-state index in [9.17, 15) is 4.79 Å². The summed E-state index contributed by atoms with van der Waals surface area (Å²) >= 11 is 0. The van der Waals surface area contributed by atoms with Crippen molar-refractivity contribution < 1.29 is 4.79 Å². The predicted octanol–water partition coefficient (Wildman–Crippen LogP) is 2.66. The summed E-state index contributed by atoms with van der Waals surface area (Å²) in [5.41, 5.74) is 4.57. The molecular formula is C15H14N2O. The highest BCUT2D eigenvalue weighted by Gasteiger charge is 2.22. The molecule has 0 unspecified atom stereocenters. The van der Waals surface area contributed by atoms with Gasteiger partial charge in [-0.05, 0) is 41.3 Å². The molecule has 0 saturated carbocycles. The molecule has 1 aliphatic rings. The van der Waals surface area contributed by atoms with Crippen LogP contribution in [0.1, 0.15) is 12.5 Å². The van der Waals surface area contributed by atoms with Crippen LogP contribution in [0.3, 0.4) is 0 Å². The predicted molar refractivity (Wildman–Crippen MR) is 71.4 cm³/mol. The van der Waals surface area contributed by atoms with E-state index in [2.05, 4.69) is 17.1 Å². The number of carbonyl (C=O) groups is 1. The molecule has 1 amide bonds. The van der Waals surface area contributed by atoms with Crippen molar-refractivity contribution in [1.82, 2.24) is 4.98 Å². The molecule has 0 N–H and O–H groups in total. The van der Waals surface area contributed by atoms with Crippen LogP contribution in [0.25, 0.3) is 11.1 Å². The van der Waals surface area contributed by atoms with Crippen LogP contribution in [-0.4, -0.2) is 17.4 Å². The second-order valence-electron chi connectivity index (χ2n) is 4.51. The molecule has 2 aromatic rings. The summed E-state index contributed by atoms with van der Waals surface area (Å²) in [6, 6.07) is 10.2. The first kappa shape index (κ1) is 11.0. The fourth-order valence-corrected chi connectivity index (χ4v) is 2.44. The zero-order chi connectivity index (χ0) is 12.5. The standard InChI is InChI=1S/C15H14N2O/c1-11(18)17-8-6-13-9-12(4-5-15(13)17)14-3-2-7-16-10-14/h2-5,7,9-10H,6,8H2,1H3. The van der Waals surface area contributed by atoms with Crippen molar-refractivity contribution in [2.24, 2.45) is 0 Å². The zero-order valence-corrected chi connectivity index (χ0v) is 10.3. The number of anilines is 1. The molecule has 2 heterocycles. The SMILES string of the molecule is CC(=O)N1CCc2cc(-c3cccnc3)ccc21. The molecule has 0 saturated heterocycles. The van der Waals surface area contributed by atoms with Gasteiger partial charge in [0.2, 0.25) is 5.91 Å². The lowest BCUT2D eigenvalue weighted by molar-refractivity contribution is -0.116. The van der Waals surface area contributed by atoms with Crippen LogP contribution in [0, 0.1) is 0 Å². The minimum Gasteiger partial charge on any atom is -0.312 e. The third-order valence-corrected chi connectivity index (χ3v) is 3.35. The Hall–Kier alpha value is -2.16. The fourth-order valence-electron chi connectivity index (χ4n) is 2.44. The Balaban J connectivity index is 2.01. The van der Waals surface area contributed by atoms with Crippen LogP contribution >= 0.6 is 0 Å². The lowest BCUT2D eigenvalue weighted by atomic mass is 10.0. The second kappa shape index (κ2) is 4.26. The van der Waals surface area contributed by atoms with E-state index < -0.39 is 0 Å². The van der Waals surface area contributed by atoms with Crippen LogP contribution in [-0.2, 0) is 11.2 Å². The monoisotopic (exact) mass is 238 g/mol. The van der Waals surface area contributed by atoms with E-state index in [1.54, 1.807) is 13.1 Å². The first-order valence-corrected chi connectivity index (χ1v) is 6.07. The van der Waals surface area contributed by atoms with Gasteiger partial charge >= 0.3 is 0 Å². The number of amides is 1. The Kier molecular flexibility index (Phi) is 2.59. The average Bonchev–Trinajstić information content (AvgIpc) is 2.82. The maximum atomic E-state index is 11.5. The summed E-state index contributed by atoms with van der Waals surface area (Å²) < 4.78 is 0. The van der Waals surface area contributed by atoms with Gasteiger partial charge in [0.25, 0.3) is 0 Å². The fraction of sp³-hybridized carbons (Fsp3) is 0.200. The molecule has 3 heteroatoms. The number of hydrogen-bond acceptors (Lipinski definition) is 2. The Morgan fingerprint density at radius 1 is 1.28 bits per heavy atom. The summed E-state index contributed by atoms with van der Waals surface area (Å²) in [5.74, 6) is 0.114.